The lowest BCUT2D eigenvalue weighted by atomic mass is 10.1. The highest BCUT2D eigenvalue weighted by Crippen LogP contribution is 2.31. The highest BCUT2D eigenvalue weighted by molar-refractivity contribution is 6.34. The number of hydrogen-bond acceptors (Lipinski definition) is 2. The Hall–Kier alpha value is -2.44. The van der Waals surface area contributed by atoms with Crippen LogP contribution in [0.3, 0.4) is 0 Å². The van der Waals surface area contributed by atoms with E-state index in [1.165, 1.54) is 22.8 Å². The van der Waals surface area contributed by atoms with Gasteiger partial charge in [-0.2, -0.15) is 13.2 Å². The van der Waals surface area contributed by atoms with E-state index >= 15 is 0 Å². The van der Waals surface area contributed by atoms with E-state index in [1.54, 1.807) is 0 Å². The average molecular weight is 456 g/mol. The van der Waals surface area contributed by atoms with Gasteiger partial charge >= 0.3 is 6.18 Å². The molecule has 0 aliphatic heterocycles. The van der Waals surface area contributed by atoms with Crippen molar-refractivity contribution in [1.29, 1.82) is 0 Å². The Morgan fingerprint density at radius 3 is 2.37 bits per heavy atom. The normalized spacial score (nSPS) is 11.5. The molecule has 0 aliphatic rings. The zero-order chi connectivity index (χ0) is 21.9. The van der Waals surface area contributed by atoms with Crippen LogP contribution in [0.5, 0.6) is 5.75 Å². The molecule has 0 fully saturated rings. The van der Waals surface area contributed by atoms with Crippen LogP contribution in [-0.2, 0) is 25.7 Å². The summed E-state index contributed by atoms with van der Waals surface area (Å²) in [5.74, 6) is 0.0216. The first-order chi connectivity index (χ1) is 14.1. The van der Waals surface area contributed by atoms with Crippen LogP contribution >= 0.6 is 23.2 Å². The number of aromatic nitrogens is 1. The highest BCUT2D eigenvalue weighted by atomic mass is 35.5. The number of alkyl halides is 3. The molecule has 3 nitrogen and oxygen atoms in total. The van der Waals surface area contributed by atoms with Gasteiger partial charge in [-0.05, 0) is 43.2 Å². The van der Waals surface area contributed by atoms with Crippen LogP contribution in [0.4, 0.5) is 13.2 Å². The lowest BCUT2D eigenvalue weighted by Crippen LogP contribution is -2.26. The summed E-state index contributed by atoms with van der Waals surface area (Å²) < 4.78 is 45.6. The average Bonchev–Trinajstić information content (AvgIpc) is 2.69. The van der Waals surface area contributed by atoms with Gasteiger partial charge in [0.15, 0.2) is 0 Å². The van der Waals surface area contributed by atoms with Crippen molar-refractivity contribution < 1.29 is 17.9 Å². The number of hydrogen-bond donors (Lipinski definition) is 0. The Morgan fingerprint density at radius 1 is 1.00 bits per heavy atom. The van der Waals surface area contributed by atoms with Crippen molar-refractivity contribution in [1.82, 2.24) is 4.57 Å². The molecule has 8 heteroatoms. The molecule has 0 saturated carbocycles. The van der Waals surface area contributed by atoms with Crippen LogP contribution < -0.4 is 10.3 Å². The molecule has 0 aliphatic carbocycles. The maximum atomic E-state index is 12.9. The van der Waals surface area contributed by atoms with Crippen LogP contribution in [0.15, 0.2) is 59.4 Å². The Morgan fingerprint density at radius 2 is 1.70 bits per heavy atom. The summed E-state index contributed by atoms with van der Waals surface area (Å²) in [7, 11) is 0. The van der Waals surface area contributed by atoms with E-state index < -0.39 is 17.3 Å². The van der Waals surface area contributed by atoms with Crippen molar-refractivity contribution in [3.63, 3.8) is 0 Å². The maximum Gasteiger partial charge on any atom is 0.416 e. The zero-order valence-corrected chi connectivity index (χ0v) is 17.5. The molecule has 2 aromatic carbocycles. The predicted molar refractivity (Wildman–Crippen MR) is 111 cm³/mol. The fourth-order valence-electron chi connectivity index (χ4n) is 2.93. The summed E-state index contributed by atoms with van der Waals surface area (Å²) in [6, 6.07) is 13.7. The molecule has 0 unspecified atom stereocenters. The largest absolute Gasteiger partial charge is 0.487 e. The number of aryl methyl sites for hydroxylation is 2. The molecule has 0 N–H and O–H groups in total. The van der Waals surface area contributed by atoms with Gasteiger partial charge in [-0.1, -0.05) is 59.1 Å². The van der Waals surface area contributed by atoms with Crippen molar-refractivity contribution in [3.05, 3.63) is 97.4 Å². The Balaban J connectivity index is 1.84. The first-order valence-electron chi connectivity index (χ1n) is 9.08. The minimum atomic E-state index is -4.48. The standard InChI is InChI=1S/C22H18Cl2F3NO2/c1-14-5-7-15(8-6-14)9-10-28-20(18(23)12-19(24)21(28)29)13-30-17-4-2-3-16(11-17)22(25,26)27/h2-8,11-12H,9-10,13H2,1H3. The summed E-state index contributed by atoms with van der Waals surface area (Å²) in [5.41, 5.74) is 1.23. The summed E-state index contributed by atoms with van der Waals surface area (Å²) in [5, 5.41) is 0.169. The third-order valence-corrected chi connectivity index (χ3v) is 5.18. The maximum absolute atomic E-state index is 12.9. The van der Waals surface area contributed by atoms with Crippen LogP contribution in [0.1, 0.15) is 22.4 Å². The molecule has 3 aromatic rings. The van der Waals surface area contributed by atoms with Crippen molar-refractivity contribution in [2.45, 2.75) is 32.7 Å². The third kappa shape index (κ3) is 5.37. The molecule has 0 amide bonds. The van der Waals surface area contributed by atoms with Gasteiger partial charge in [-0.3, -0.25) is 4.79 Å². The molecule has 0 saturated heterocycles. The van der Waals surface area contributed by atoms with Crippen LogP contribution in [-0.4, -0.2) is 4.57 Å². The molecular weight excluding hydrogens is 438 g/mol. The van der Waals surface area contributed by atoms with Crippen molar-refractivity contribution in [2.24, 2.45) is 0 Å². The fourth-order valence-corrected chi connectivity index (χ4v) is 3.46. The first-order valence-corrected chi connectivity index (χ1v) is 9.84. The van der Waals surface area contributed by atoms with E-state index in [1.807, 2.05) is 31.2 Å². The van der Waals surface area contributed by atoms with E-state index in [0.717, 1.165) is 23.3 Å². The summed E-state index contributed by atoms with van der Waals surface area (Å²) >= 11 is 12.3. The molecule has 1 heterocycles. The second-order valence-electron chi connectivity index (χ2n) is 6.79. The number of halogens is 5. The molecular formula is C22H18Cl2F3NO2. The van der Waals surface area contributed by atoms with Gasteiger partial charge in [-0.25, -0.2) is 0 Å². The first kappa shape index (κ1) is 22.2. The summed E-state index contributed by atoms with van der Waals surface area (Å²) in [6.45, 7) is 2.10. The fraction of sp³-hybridized carbons (Fsp3) is 0.227. The molecule has 0 bridgehead atoms. The smallest absolute Gasteiger partial charge is 0.416 e. The zero-order valence-electron chi connectivity index (χ0n) is 16.0. The third-order valence-electron chi connectivity index (χ3n) is 4.59. The van der Waals surface area contributed by atoms with Gasteiger partial charge in [0.25, 0.3) is 5.56 Å². The SMILES string of the molecule is Cc1ccc(CCn2c(COc3cccc(C(F)(F)F)c3)c(Cl)cc(Cl)c2=O)cc1. The van der Waals surface area contributed by atoms with Crippen molar-refractivity contribution in [2.75, 3.05) is 0 Å². The number of benzene rings is 2. The van der Waals surface area contributed by atoms with E-state index in [-0.39, 0.29) is 22.4 Å². The van der Waals surface area contributed by atoms with Crippen LogP contribution in [0.2, 0.25) is 10.0 Å². The molecule has 3 rings (SSSR count). The number of nitrogens with zero attached hydrogens (tertiary/aromatic N) is 1. The summed E-state index contributed by atoms with van der Waals surface area (Å²) in [4.78, 5) is 12.6. The van der Waals surface area contributed by atoms with E-state index in [9.17, 15) is 18.0 Å². The molecule has 0 atom stereocenters. The minimum Gasteiger partial charge on any atom is -0.487 e. The van der Waals surface area contributed by atoms with Gasteiger partial charge < -0.3 is 9.30 Å². The Labute approximate surface area is 181 Å². The Kier molecular flexibility index (Phi) is 6.78. The predicted octanol–water partition coefficient (Wildman–Crippen LogP) is 6.30. The molecule has 0 spiro atoms. The quantitative estimate of drug-likeness (QED) is 0.436. The number of ether oxygens (including phenoxy) is 1. The van der Waals surface area contributed by atoms with E-state index in [2.05, 4.69) is 0 Å². The van der Waals surface area contributed by atoms with Gasteiger partial charge in [0.1, 0.15) is 17.4 Å². The molecule has 1 aromatic heterocycles. The highest BCUT2D eigenvalue weighted by Gasteiger charge is 2.30. The molecule has 0 radical (unpaired) electrons. The lowest BCUT2D eigenvalue weighted by molar-refractivity contribution is -0.137. The minimum absolute atomic E-state index is 0.0216. The molecule has 158 valence electrons. The van der Waals surface area contributed by atoms with Crippen molar-refractivity contribution >= 4 is 23.2 Å². The topological polar surface area (TPSA) is 31.2 Å². The van der Waals surface area contributed by atoms with Crippen LogP contribution in [0.25, 0.3) is 0 Å². The number of pyridine rings is 1. The second-order valence-corrected chi connectivity index (χ2v) is 7.61. The lowest BCUT2D eigenvalue weighted by Gasteiger charge is -2.16. The van der Waals surface area contributed by atoms with Gasteiger partial charge in [0.05, 0.1) is 16.3 Å². The van der Waals surface area contributed by atoms with Gasteiger partial charge in [-0.15, -0.1) is 0 Å². The molecule has 30 heavy (non-hydrogen) atoms. The van der Waals surface area contributed by atoms with Crippen LogP contribution in [0, 0.1) is 6.92 Å². The number of rotatable bonds is 6. The van der Waals surface area contributed by atoms with E-state index in [4.69, 9.17) is 27.9 Å². The van der Waals surface area contributed by atoms with Gasteiger partial charge in [0.2, 0.25) is 0 Å². The summed E-state index contributed by atoms with van der Waals surface area (Å²) in [6.07, 6.45) is -3.93. The van der Waals surface area contributed by atoms with Gasteiger partial charge in [0, 0.05) is 6.54 Å². The second kappa shape index (κ2) is 9.14. The monoisotopic (exact) mass is 455 g/mol. The Bertz CT molecular complexity index is 1090. The van der Waals surface area contributed by atoms with Crippen molar-refractivity contribution in [3.8, 4) is 5.75 Å². The van der Waals surface area contributed by atoms with E-state index in [0.29, 0.717) is 18.7 Å².